The number of benzene rings is 2. The van der Waals surface area contributed by atoms with E-state index in [1.807, 2.05) is 49.0 Å². The van der Waals surface area contributed by atoms with Gasteiger partial charge in [0.1, 0.15) is 5.69 Å². The predicted octanol–water partition coefficient (Wildman–Crippen LogP) is 5.24. The van der Waals surface area contributed by atoms with E-state index < -0.39 is 0 Å². The standard InChI is InChI=1S/C20H21N3OS/c1-15(17-7-3-6-10-20(17)22-24)21-19-9-5-4-8-18(19)16(2)23-11-13-25-14-12-23/h3-10H,2,11-14H2,1H3/b21-15+. The molecule has 2 aromatic carbocycles. The summed E-state index contributed by atoms with van der Waals surface area (Å²) >= 11 is 1.98. The van der Waals surface area contributed by atoms with Crippen LogP contribution < -0.4 is 0 Å². The summed E-state index contributed by atoms with van der Waals surface area (Å²) in [5, 5.41) is 3.11. The molecule has 5 heteroatoms. The average Bonchev–Trinajstić information content (AvgIpc) is 2.68. The maximum absolute atomic E-state index is 11.0. The summed E-state index contributed by atoms with van der Waals surface area (Å²) in [7, 11) is 0. The van der Waals surface area contributed by atoms with Crippen molar-refractivity contribution in [1.29, 1.82) is 0 Å². The highest BCUT2D eigenvalue weighted by molar-refractivity contribution is 7.99. The lowest BCUT2D eigenvalue weighted by atomic mass is 10.1. The second-order valence-electron chi connectivity index (χ2n) is 5.87. The molecule has 128 valence electrons. The van der Waals surface area contributed by atoms with Gasteiger partial charge in [-0.25, -0.2) is 0 Å². The van der Waals surface area contributed by atoms with Crippen molar-refractivity contribution in [2.24, 2.45) is 10.2 Å². The fourth-order valence-electron chi connectivity index (χ4n) is 2.92. The summed E-state index contributed by atoms with van der Waals surface area (Å²) in [5.74, 6) is 2.25. The Morgan fingerprint density at radius 2 is 1.60 bits per heavy atom. The zero-order valence-electron chi connectivity index (χ0n) is 14.3. The van der Waals surface area contributed by atoms with Crippen molar-refractivity contribution in [2.45, 2.75) is 6.92 Å². The molecule has 0 N–H and O–H groups in total. The van der Waals surface area contributed by atoms with E-state index in [1.165, 1.54) is 0 Å². The molecule has 1 aliphatic heterocycles. The molecule has 1 heterocycles. The number of nitrogens with zero attached hydrogens (tertiary/aromatic N) is 3. The fourth-order valence-corrected chi connectivity index (χ4v) is 3.82. The van der Waals surface area contributed by atoms with Crippen molar-refractivity contribution in [1.82, 2.24) is 4.90 Å². The summed E-state index contributed by atoms with van der Waals surface area (Å²) in [6.45, 7) is 8.23. The highest BCUT2D eigenvalue weighted by atomic mass is 32.2. The van der Waals surface area contributed by atoms with Crippen LogP contribution in [0.25, 0.3) is 5.70 Å². The van der Waals surface area contributed by atoms with Gasteiger partial charge in [0, 0.05) is 47.1 Å². The van der Waals surface area contributed by atoms with Gasteiger partial charge in [0.25, 0.3) is 0 Å². The Balaban J connectivity index is 1.95. The molecule has 1 aliphatic rings. The van der Waals surface area contributed by atoms with Crippen LogP contribution in [0.1, 0.15) is 18.1 Å². The van der Waals surface area contributed by atoms with Crippen molar-refractivity contribution in [3.05, 3.63) is 71.1 Å². The van der Waals surface area contributed by atoms with Crippen molar-refractivity contribution >= 4 is 34.5 Å². The highest BCUT2D eigenvalue weighted by Gasteiger charge is 2.16. The van der Waals surface area contributed by atoms with Crippen molar-refractivity contribution in [3.63, 3.8) is 0 Å². The molecule has 1 fully saturated rings. The van der Waals surface area contributed by atoms with Gasteiger partial charge in [-0.05, 0) is 24.2 Å². The topological polar surface area (TPSA) is 45.0 Å². The van der Waals surface area contributed by atoms with E-state index in [2.05, 4.69) is 22.7 Å². The molecule has 0 atom stereocenters. The van der Waals surface area contributed by atoms with Crippen molar-refractivity contribution < 1.29 is 0 Å². The summed E-state index contributed by atoms with van der Waals surface area (Å²) in [4.78, 5) is 18.1. The Labute approximate surface area is 152 Å². The Morgan fingerprint density at radius 3 is 2.28 bits per heavy atom. The highest BCUT2D eigenvalue weighted by Crippen LogP contribution is 2.30. The van der Waals surface area contributed by atoms with Crippen LogP contribution in [0.4, 0.5) is 11.4 Å². The smallest absolute Gasteiger partial charge is 0.117 e. The maximum atomic E-state index is 11.0. The number of para-hydroxylation sites is 1. The zero-order chi connectivity index (χ0) is 17.6. The third kappa shape index (κ3) is 3.99. The van der Waals surface area contributed by atoms with Gasteiger partial charge in [-0.15, -0.1) is 4.91 Å². The number of hydrogen-bond acceptors (Lipinski definition) is 5. The maximum Gasteiger partial charge on any atom is 0.117 e. The first kappa shape index (κ1) is 17.4. The molecule has 0 aliphatic carbocycles. The minimum Gasteiger partial charge on any atom is -0.370 e. The molecule has 0 amide bonds. The van der Waals surface area contributed by atoms with Gasteiger partial charge in [0.15, 0.2) is 0 Å². The molecule has 0 spiro atoms. The molecule has 1 saturated heterocycles. The first-order valence-corrected chi connectivity index (χ1v) is 9.45. The molecule has 0 unspecified atom stereocenters. The Bertz CT molecular complexity index is 810. The molecular weight excluding hydrogens is 330 g/mol. The second kappa shape index (κ2) is 8.12. The van der Waals surface area contributed by atoms with Gasteiger partial charge in [-0.2, -0.15) is 11.8 Å². The van der Waals surface area contributed by atoms with E-state index in [1.54, 1.807) is 12.1 Å². The molecule has 25 heavy (non-hydrogen) atoms. The van der Waals surface area contributed by atoms with E-state index in [0.717, 1.165) is 52.8 Å². The van der Waals surface area contributed by atoms with Gasteiger partial charge in [0.2, 0.25) is 0 Å². The second-order valence-corrected chi connectivity index (χ2v) is 7.09. The minimum atomic E-state index is 0.410. The van der Waals surface area contributed by atoms with Crippen LogP contribution in [0.2, 0.25) is 0 Å². The van der Waals surface area contributed by atoms with Crippen LogP contribution in [0.15, 0.2) is 65.3 Å². The monoisotopic (exact) mass is 351 g/mol. The van der Waals surface area contributed by atoms with Gasteiger partial charge in [-0.3, -0.25) is 4.99 Å². The Hall–Kier alpha value is -2.40. The molecular formula is C20H21N3OS. The first-order valence-electron chi connectivity index (χ1n) is 8.30. The van der Waals surface area contributed by atoms with E-state index in [4.69, 9.17) is 4.99 Å². The van der Waals surface area contributed by atoms with Crippen molar-refractivity contribution in [3.8, 4) is 0 Å². The summed E-state index contributed by atoms with van der Waals surface area (Å²) < 4.78 is 0. The van der Waals surface area contributed by atoms with Gasteiger partial charge in [0.05, 0.1) is 5.69 Å². The van der Waals surface area contributed by atoms with E-state index in [9.17, 15) is 4.91 Å². The summed E-state index contributed by atoms with van der Waals surface area (Å²) in [6.07, 6.45) is 0. The average molecular weight is 351 g/mol. The molecule has 3 rings (SSSR count). The zero-order valence-corrected chi connectivity index (χ0v) is 15.1. The molecule has 0 aromatic heterocycles. The quantitative estimate of drug-likeness (QED) is 0.546. The molecule has 0 bridgehead atoms. The molecule has 2 aromatic rings. The van der Waals surface area contributed by atoms with Gasteiger partial charge >= 0.3 is 0 Å². The lowest BCUT2D eigenvalue weighted by Crippen LogP contribution is -2.30. The van der Waals surface area contributed by atoms with E-state index in [0.29, 0.717) is 5.69 Å². The summed E-state index contributed by atoms with van der Waals surface area (Å²) in [6, 6.07) is 15.3. The Morgan fingerprint density at radius 1 is 1.00 bits per heavy atom. The number of rotatable bonds is 5. The van der Waals surface area contributed by atoms with Crippen LogP contribution >= 0.6 is 11.8 Å². The molecule has 0 radical (unpaired) electrons. The van der Waals surface area contributed by atoms with E-state index in [-0.39, 0.29) is 0 Å². The van der Waals surface area contributed by atoms with Crippen LogP contribution in [0.5, 0.6) is 0 Å². The number of nitroso groups, excluding NO2 is 1. The van der Waals surface area contributed by atoms with E-state index >= 15 is 0 Å². The number of hydrogen-bond donors (Lipinski definition) is 0. The van der Waals surface area contributed by atoms with Crippen LogP contribution in [0, 0.1) is 4.91 Å². The normalized spacial score (nSPS) is 15.1. The first-order chi connectivity index (χ1) is 12.2. The van der Waals surface area contributed by atoms with Crippen LogP contribution in [-0.4, -0.2) is 35.2 Å². The third-order valence-corrected chi connectivity index (χ3v) is 5.23. The van der Waals surface area contributed by atoms with Crippen molar-refractivity contribution in [2.75, 3.05) is 24.6 Å². The lowest BCUT2D eigenvalue weighted by molar-refractivity contribution is 0.440. The number of thioether (sulfide) groups is 1. The Kier molecular flexibility index (Phi) is 5.66. The number of aliphatic imine (C=N–C) groups is 1. The predicted molar refractivity (Wildman–Crippen MR) is 108 cm³/mol. The fraction of sp³-hybridized carbons (Fsp3) is 0.250. The molecule has 4 nitrogen and oxygen atoms in total. The van der Waals surface area contributed by atoms with Crippen LogP contribution in [-0.2, 0) is 0 Å². The van der Waals surface area contributed by atoms with Gasteiger partial charge < -0.3 is 4.90 Å². The SMILES string of the molecule is C=C(c1ccccc1/N=C(\C)c1ccccc1N=O)N1CCSCC1. The summed E-state index contributed by atoms with van der Waals surface area (Å²) in [5.41, 5.74) is 4.84. The lowest BCUT2D eigenvalue weighted by Gasteiger charge is -2.30. The minimum absolute atomic E-state index is 0.410. The van der Waals surface area contributed by atoms with Crippen LogP contribution in [0.3, 0.4) is 0 Å². The van der Waals surface area contributed by atoms with Gasteiger partial charge in [-0.1, -0.05) is 43.0 Å². The largest absolute Gasteiger partial charge is 0.370 e. The molecule has 0 saturated carbocycles. The third-order valence-electron chi connectivity index (χ3n) is 4.29.